The second kappa shape index (κ2) is 6.28. The van der Waals surface area contributed by atoms with Crippen LogP contribution in [0.25, 0.3) is 0 Å². The lowest BCUT2D eigenvalue weighted by molar-refractivity contribution is 0.910. The quantitative estimate of drug-likeness (QED) is 0.699. The first-order chi connectivity index (χ1) is 6.33. The van der Waals surface area contributed by atoms with Gasteiger partial charge in [0, 0.05) is 23.1 Å². The minimum absolute atomic E-state index is 0.625. The third kappa shape index (κ3) is 4.53. The summed E-state index contributed by atoms with van der Waals surface area (Å²) in [4.78, 5) is 4.26. The summed E-state index contributed by atoms with van der Waals surface area (Å²) in [6, 6.07) is 6.02. The summed E-state index contributed by atoms with van der Waals surface area (Å²) < 4.78 is 0. The van der Waals surface area contributed by atoms with Crippen LogP contribution in [0.3, 0.4) is 0 Å². The van der Waals surface area contributed by atoms with Crippen LogP contribution in [0, 0.1) is 0 Å². The second-order valence-corrected chi connectivity index (χ2v) is 4.73. The summed E-state index contributed by atoms with van der Waals surface area (Å²) in [7, 11) is 0. The highest BCUT2D eigenvalue weighted by Crippen LogP contribution is 2.18. The Balaban J connectivity index is 2.27. The van der Waals surface area contributed by atoms with Gasteiger partial charge in [-0.05, 0) is 18.6 Å². The van der Waals surface area contributed by atoms with Crippen molar-refractivity contribution < 1.29 is 0 Å². The van der Waals surface area contributed by atoms with E-state index in [1.807, 2.05) is 30.1 Å². The Morgan fingerprint density at radius 2 is 2.38 bits per heavy atom. The number of alkyl halides is 1. The molecule has 1 heterocycles. The molecular weight excluding hydrogens is 202 g/mol. The third-order valence-corrected chi connectivity index (χ3v) is 3.24. The van der Waals surface area contributed by atoms with Gasteiger partial charge in [-0.1, -0.05) is 13.0 Å². The standard InChI is InChI=1S/C10H14ClNS/c1-9(5-6-11)13-8-10-4-2-3-7-12-10/h2-4,7,9H,5-6,8H2,1H3. The molecular formula is C10H14ClNS. The van der Waals surface area contributed by atoms with Gasteiger partial charge in [0.25, 0.3) is 0 Å². The summed E-state index contributed by atoms with van der Waals surface area (Å²) >= 11 is 7.56. The van der Waals surface area contributed by atoms with E-state index in [0.29, 0.717) is 5.25 Å². The fourth-order valence-electron chi connectivity index (χ4n) is 0.948. The molecule has 1 unspecified atom stereocenters. The van der Waals surface area contributed by atoms with Gasteiger partial charge < -0.3 is 0 Å². The molecule has 13 heavy (non-hydrogen) atoms. The van der Waals surface area contributed by atoms with Crippen molar-refractivity contribution in [2.24, 2.45) is 0 Å². The molecule has 1 nitrogen and oxygen atoms in total. The van der Waals surface area contributed by atoms with Crippen molar-refractivity contribution in [3.05, 3.63) is 30.1 Å². The van der Waals surface area contributed by atoms with Crippen LogP contribution in [0.4, 0.5) is 0 Å². The molecule has 1 atom stereocenters. The zero-order chi connectivity index (χ0) is 9.52. The smallest absolute Gasteiger partial charge is 0.0502 e. The van der Waals surface area contributed by atoms with E-state index in [1.54, 1.807) is 0 Å². The summed E-state index contributed by atoms with van der Waals surface area (Å²) in [5.74, 6) is 1.73. The summed E-state index contributed by atoms with van der Waals surface area (Å²) in [5.41, 5.74) is 1.15. The number of rotatable bonds is 5. The molecule has 0 amide bonds. The van der Waals surface area contributed by atoms with Gasteiger partial charge >= 0.3 is 0 Å². The lowest BCUT2D eigenvalue weighted by Gasteiger charge is -2.07. The van der Waals surface area contributed by atoms with Gasteiger partial charge in [0.1, 0.15) is 0 Å². The van der Waals surface area contributed by atoms with Crippen LogP contribution in [0.2, 0.25) is 0 Å². The average Bonchev–Trinajstić information content (AvgIpc) is 2.17. The molecule has 0 N–H and O–H groups in total. The SMILES string of the molecule is CC(CCCl)SCc1ccccn1. The van der Waals surface area contributed by atoms with Crippen molar-refractivity contribution in [3.63, 3.8) is 0 Å². The first kappa shape index (κ1) is 10.9. The highest BCUT2D eigenvalue weighted by molar-refractivity contribution is 7.99. The van der Waals surface area contributed by atoms with E-state index in [2.05, 4.69) is 18.0 Å². The number of pyridine rings is 1. The number of nitrogens with zero attached hydrogens (tertiary/aromatic N) is 1. The monoisotopic (exact) mass is 215 g/mol. The average molecular weight is 216 g/mol. The predicted octanol–water partition coefficient (Wildman–Crippen LogP) is 3.33. The highest BCUT2D eigenvalue weighted by Gasteiger charge is 2.02. The molecule has 72 valence electrons. The number of thioether (sulfide) groups is 1. The number of hydrogen-bond donors (Lipinski definition) is 0. The summed E-state index contributed by atoms with van der Waals surface area (Å²) in [6.07, 6.45) is 2.90. The molecule has 1 aromatic heterocycles. The van der Waals surface area contributed by atoms with Crippen molar-refractivity contribution in [2.75, 3.05) is 5.88 Å². The fraction of sp³-hybridized carbons (Fsp3) is 0.500. The third-order valence-electron chi connectivity index (χ3n) is 1.76. The van der Waals surface area contributed by atoms with Crippen LogP contribution in [-0.4, -0.2) is 16.1 Å². The van der Waals surface area contributed by atoms with E-state index in [4.69, 9.17) is 11.6 Å². The van der Waals surface area contributed by atoms with Crippen molar-refractivity contribution in [3.8, 4) is 0 Å². The van der Waals surface area contributed by atoms with E-state index in [9.17, 15) is 0 Å². The predicted molar refractivity (Wildman–Crippen MR) is 60.3 cm³/mol. The fourth-order valence-corrected chi connectivity index (χ4v) is 2.32. The Kier molecular flexibility index (Phi) is 5.25. The molecule has 1 aromatic rings. The van der Waals surface area contributed by atoms with Crippen molar-refractivity contribution >= 4 is 23.4 Å². The van der Waals surface area contributed by atoms with Crippen LogP contribution < -0.4 is 0 Å². The summed E-state index contributed by atoms with van der Waals surface area (Å²) in [6.45, 7) is 2.20. The molecule has 0 aliphatic rings. The molecule has 0 fully saturated rings. The number of aromatic nitrogens is 1. The zero-order valence-corrected chi connectivity index (χ0v) is 9.31. The molecule has 0 aliphatic heterocycles. The van der Waals surface area contributed by atoms with Crippen LogP contribution in [0.15, 0.2) is 24.4 Å². The highest BCUT2D eigenvalue weighted by atomic mass is 35.5. The maximum Gasteiger partial charge on any atom is 0.0502 e. The van der Waals surface area contributed by atoms with Crippen LogP contribution >= 0.6 is 23.4 Å². The molecule has 0 bridgehead atoms. The largest absolute Gasteiger partial charge is 0.260 e. The van der Waals surface area contributed by atoms with Crippen LogP contribution in [-0.2, 0) is 5.75 Å². The topological polar surface area (TPSA) is 12.9 Å². The zero-order valence-electron chi connectivity index (χ0n) is 7.74. The van der Waals surface area contributed by atoms with Crippen LogP contribution in [0.1, 0.15) is 19.0 Å². The summed E-state index contributed by atoms with van der Waals surface area (Å²) in [5, 5.41) is 0.625. The van der Waals surface area contributed by atoms with Gasteiger partial charge in [0.15, 0.2) is 0 Å². The first-order valence-electron chi connectivity index (χ1n) is 4.40. The number of hydrogen-bond acceptors (Lipinski definition) is 2. The van der Waals surface area contributed by atoms with Gasteiger partial charge in [-0.25, -0.2) is 0 Å². The molecule has 3 heteroatoms. The van der Waals surface area contributed by atoms with Crippen LogP contribution in [0.5, 0.6) is 0 Å². The van der Waals surface area contributed by atoms with E-state index in [-0.39, 0.29) is 0 Å². The molecule has 0 saturated heterocycles. The Morgan fingerprint density at radius 1 is 1.54 bits per heavy atom. The van der Waals surface area contributed by atoms with Gasteiger partial charge in [0.2, 0.25) is 0 Å². The van der Waals surface area contributed by atoms with E-state index >= 15 is 0 Å². The Morgan fingerprint density at radius 3 is 3.00 bits per heavy atom. The first-order valence-corrected chi connectivity index (χ1v) is 5.98. The molecule has 1 rings (SSSR count). The number of halogens is 1. The van der Waals surface area contributed by atoms with Crippen molar-refractivity contribution in [1.29, 1.82) is 0 Å². The molecule has 0 aromatic carbocycles. The lowest BCUT2D eigenvalue weighted by atomic mass is 10.4. The maximum atomic E-state index is 5.65. The normalized spacial score (nSPS) is 12.8. The minimum Gasteiger partial charge on any atom is -0.260 e. The van der Waals surface area contributed by atoms with Gasteiger partial charge in [-0.2, -0.15) is 11.8 Å². The van der Waals surface area contributed by atoms with Gasteiger partial charge in [-0.3, -0.25) is 4.98 Å². The Bertz CT molecular complexity index is 228. The van der Waals surface area contributed by atoms with Crippen molar-refractivity contribution in [1.82, 2.24) is 4.98 Å². The van der Waals surface area contributed by atoms with Crippen molar-refractivity contribution in [2.45, 2.75) is 24.3 Å². The van der Waals surface area contributed by atoms with E-state index in [0.717, 1.165) is 23.7 Å². The second-order valence-electron chi connectivity index (χ2n) is 2.92. The van der Waals surface area contributed by atoms with E-state index in [1.165, 1.54) is 0 Å². The molecule has 0 saturated carbocycles. The Hall–Kier alpha value is -0.210. The maximum absolute atomic E-state index is 5.65. The molecule has 0 spiro atoms. The molecule has 0 aliphatic carbocycles. The lowest BCUT2D eigenvalue weighted by Crippen LogP contribution is -1.98. The Labute approximate surface area is 88.9 Å². The van der Waals surface area contributed by atoms with Gasteiger partial charge in [0.05, 0.1) is 5.69 Å². The van der Waals surface area contributed by atoms with E-state index < -0.39 is 0 Å². The van der Waals surface area contributed by atoms with Gasteiger partial charge in [-0.15, -0.1) is 11.6 Å². The molecule has 0 radical (unpaired) electrons. The minimum atomic E-state index is 0.625.